The Morgan fingerprint density at radius 2 is 1.52 bits per heavy atom. The topological polar surface area (TPSA) is 29.5 Å². The molecule has 1 rings (SSSR count). The minimum absolute atomic E-state index is 0.166. The van der Waals surface area contributed by atoms with Crippen molar-refractivity contribution in [2.24, 2.45) is 5.92 Å². The Balaban J connectivity index is 2.34. The van der Waals surface area contributed by atoms with Crippen LogP contribution in [-0.2, 0) is 11.3 Å². The molecule has 172 valence electrons. The molecule has 0 radical (unpaired) electrons. The summed E-state index contributed by atoms with van der Waals surface area (Å²) >= 11 is 0. The van der Waals surface area contributed by atoms with E-state index in [0.29, 0.717) is 19.1 Å². The van der Waals surface area contributed by atoms with E-state index in [4.69, 9.17) is 9.84 Å². The average Bonchev–Trinajstić information content (AvgIpc) is 2.76. The molecule has 0 aromatic heterocycles. The van der Waals surface area contributed by atoms with Gasteiger partial charge in [-0.2, -0.15) is 0 Å². The van der Waals surface area contributed by atoms with E-state index in [1.807, 2.05) is 25.1 Å². The molecular formula is C29H44O2. The molecule has 0 heterocycles. The van der Waals surface area contributed by atoms with Crippen molar-refractivity contribution < 1.29 is 9.84 Å². The first-order valence-corrected chi connectivity index (χ1v) is 11.8. The Bertz CT molecular complexity index is 722. The van der Waals surface area contributed by atoms with Crippen LogP contribution in [0.5, 0.6) is 0 Å². The lowest BCUT2D eigenvalue weighted by atomic mass is 9.93. The fourth-order valence-corrected chi connectivity index (χ4v) is 3.52. The maximum atomic E-state index is 9.09. The molecule has 0 aliphatic heterocycles. The second-order valence-corrected chi connectivity index (χ2v) is 8.77. The molecule has 1 unspecified atom stereocenters. The minimum atomic E-state index is 0.166. The van der Waals surface area contributed by atoms with E-state index >= 15 is 0 Å². The molecule has 0 spiro atoms. The second kappa shape index (κ2) is 16.8. The van der Waals surface area contributed by atoms with Crippen molar-refractivity contribution in [2.75, 3.05) is 13.2 Å². The fraction of sp³-hybridized carbons (Fsp3) is 0.517. The Morgan fingerprint density at radius 1 is 0.871 bits per heavy atom. The smallest absolute Gasteiger partial charge is 0.0721 e. The summed E-state index contributed by atoms with van der Waals surface area (Å²) in [7, 11) is 0. The van der Waals surface area contributed by atoms with Crippen LogP contribution in [0.2, 0.25) is 0 Å². The molecule has 0 saturated carbocycles. The lowest BCUT2D eigenvalue weighted by molar-refractivity contribution is 0.148. The Kier molecular flexibility index (Phi) is 14.7. The standard InChI is InChI=1S/C29H44O2/c1-6-28(21-26(4)14-11-15-27(5)22-30)20-25(3)13-10-12-24(2)18-19-31-23-29-16-8-7-9-17-29/h7-9,13,15-18,21,28,30H,6,10-12,14,19-20,22-23H2,1-5H3. The molecule has 0 fully saturated rings. The molecule has 0 aliphatic rings. The highest BCUT2D eigenvalue weighted by Gasteiger charge is 2.05. The summed E-state index contributed by atoms with van der Waals surface area (Å²) < 4.78 is 5.76. The first-order valence-electron chi connectivity index (χ1n) is 11.8. The molecular weight excluding hydrogens is 380 g/mol. The molecule has 0 amide bonds. The number of hydrogen-bond donors (Lipinski definition) is 1. The van der Waals surface area contributed by atoms with Gasteiger partial charge in [0.2, 0.25) is 0 Å². The van der Waals surface area contributed by atoms with Gasteiger partial charge in [0.25, 0.3) is 0 Å². The van der Waals surface area contributed by atoms with Crippen molar-refractivity contribution in [3.05, 3.63) is 82.5 Å². The lowest BCUT2D eigenvalue weighted by Crippen LogP contribution is -1.97. The highest BCUT2D eigenvalue weighted by atomic mass is 16.5. The van der Waals surface area contributed by atoms with Crippen LogP contribution in [0.4, 0.5) is 0 Å². The number of rotatable bonds is 15. The van der Waals surface area contributed by atoms with Crippen molar-refractivity contribution >= 4 is 0 Å². The zero-order valence-electron chi connectivity index (χ0n) is 20.5. The van der Waals surface area contributed by atoms with Gasteiger partial charge < -0.3 is 9.84 Å². The SMILES string of the molecule is CCC(C=C(C)CCC=C(C)CO)CC(C)=CCCC(C)=CCOCc1ccccc1. The first kappa shape index (κ1) is 27.1. The molecule has 1 N–H and O–H groups in total. The number of ether oxygens (including phenoxy) is 1. The quantitative estimate of drug-likeness (QED) is 0.228. The summed E-state index contributed by atoms with van der Waals surface area (Å²) in [5, 5.41) is 9.09. The number of benzene rings is 1. The largest absolute Gasteiger partial charge is 0.392 e. The van der Waals surface area contributed by atoms with Crippen LogP contribution in [0.25, 0.3) is 0 Å². The van der Waals surface area contributed by atoms with Crippen LogP contribution in [0, 0.1) is 5.92 Å². The number of hydrogen-bond acceptors (Lipinski definition) is 2. The van der Waals surface area contributed by atoms with Crippen LogP contribution in [0.15, 0.2) is 76.9 Å². The molecule has 2 heteroatoms. The third-order valence-electron chi connectivity index (χ3n) is 5.60. The van der Waals surface area contributed by atoms with E-state index in [2.05, 4.69) is 64.1 Å². The predicted octanol–water partition coefficient (Wildman–Crippen LogP) is 7.96. The Morgan fingerprint density at radius 3 is 2.16 bits per heavy atom. The van der Waals surface area contributed by atoms with E-state index in [9.17, 15) is 0 Å². The monoisotopic (exact) mass is 424 g/mol. The van der Waals surface area contributed by atoms with Crippen molar-refractivity contribution in [1.82, 2.24) is 0 Å². The van der Waals surface area contributed by atoms with Crippen molar-refractivity contribution in [3.63, 3.8) is 0 Å². The zero-order valence-corrected chi connectivity index (χ0v) is 20.5. The van der Waals surface area contributed by atoms with Gasteiger partial charge in [-0.15, -0.1) is 0 Å². The van der Waals surface area contributed by atoms with Gasteiger partial charge in [0, 0.05) is 0 Å². The van der Waals surface area contributed by atoms with Gasteiger partial charge in [0.1, 0.15) is 0 Å². The van der Waals surface area contributed by atoms with Crippen LogP contribution in [-0.4, -0.2) is 18.3 Å². The normalized spacial score (nSPS) is 14.8. The summed E-state index contributed by atoms with van der Waals surface area (Å²) in [5.41, 5.74) is 6.62. The second-order valence-electron chi connectivity index (χ2n) is 8.77. The third-order valence-corrected chi connectivity index (χ3v) is 5.60. The summed E-state index contributed by atoms with van der Waals surface area (Å²) in [6.45, 7) is 12.5. The third kappa shape index (κ3) is 13.9. The number of aliphatic hydroxyl groups excluding tert-OH is 1. The van der Waals surface area contributed by atoms with Crippen molar-refractivity contribution in [3.8, 4) is 0 Å². The van der Waals surface area contributed by atoms with Gasteiger partial charge in [-0.3, -0.25) is 0 Å². The van der Waals surface area contributed by atoms with Gasteiger partial charge >= 0.3 is 0 Å². The minimum Gasteiger partial charge on any atom is -0.392 e. The van der Waals surface area contributed by atoms with Crippen LogP contribution in [0.3, 0.4) is 0 Å². The first-order chi connectivity index (χ1) is 14.9. The molecule has 0 aliphatic carbocycles. The van der Waals surface area contributed by atoms with Crippen LogP contribution < -0.4 is 0 Å². The van der Waals surface area contributed by atoms with Gasteiger partial charge in [0.05, 0.1) is 19.8 Å². The zero-order chi connectivity index (χ0) is 22.9. The lowest BCUT2D eigenvalue weighted by Gasteiger charge is -2.13. The van der Waals surface area contributed by atoms with E-state index in [1.54, 1.807) is 0 Å². The molecule has 0 saturated heterocycles. The van der Waals surface area contributed by atoms with Gasteiger partial charge in [-0.1, -0.05) is 83.9 Å². The van der Waals surface area contributed by atoms with Gasteiger partial charge in [0.15, 0.2) is 0 Å². The highest BCUT2D eigenvalue weighted by molar-refractivity contribution is 5.13. The molecule has 1 aromatic carbocycles. The maximum absolute atomic E-state index is 9.09. The van der Waals surface area contributed by atoms with Gasteiger partial charge in [-0.05, 0) is 77.7 Å². The predicted molar refractivity (Wildman–Crippen MR) is 135 cm³/mol. The van der Waals surface area contributed by atoms with Gasteiger partial charge in [-0.25, -0.2) is 0 Å². The summed E-state index contributed by atoms with van der Waals surface area (Å²) in [5.74, 6) is 0.613. The van der Waals surface area contributed by atoms with E-state index in [-0.39, 0.29) is 6.61 Å². The molecule has 2 nitrogen and oxygen atoms in total. The van der Waals surface area contributed by atoms with Crippen LogP contribution in [0.1, 0.15) is 78.7 Å². The molecule has 1 aromatic rings. The summed E-state index contributed by atoms with van der Waals surface area (Å²) in [6.07, 6.45) is 15.8. The molecule has 0 bridgehead atoms. The Hall–Kier alpha value is -1.90. The van der Waals surface area contributed by atoms with E-state index in [1.165, 1.54) is 28.7 Å². The highest BCUT2D eigenvalue weighted by Crippen LogP contribution is 2.21. The van der Waals surface area contributed by atoms with Crippen molar-refractivity contribution in [2.45, 2.75) is 79.8 Å². The van der Waals surface area contributed by atoms with Crippen LogP contribution >= 0.6 is 0 Å². The summed E-state index contributed by atoms with van der Waals surface area (Å²) in [6, 6.07) is 10.3. The summed E-state index contributed by atoms with van der Waals surface area (Å²) in [4.78, 5) is 0. The Labute approximate surface area is 191 Å². The van der Waals surface area contributed by atoms with E-state index in [0.717, 1.165) is 37.7 Å². The molecule has 1 atom stereocenters. The van der Waals surface area contributed by atoms with Crippen molar-refractivity contribution in [1.29, 1.82) is 0 Å². The fourth-order valence-electron chi connectivity index (χ4n) is 3.52. The van der Waals surface area contributed by atoms with E-state index < -0.39 is 0 Å². The molecule has 31 heavy (non-hydrogen) atoms. The average molecular weight is 425 g/mol. The number of aliphatic hydroxyl groups is 1. The number of allylic oxidation sites excluding steroid dienone is 6. The maximum Gasteiger partial charge on any atom is 0.0721 e.